The Hall–Kier alpha value is -1.13. The lowest BCUT2D eigenvalue weighted by Crippen LogP contribution is -2.37. The Morgan fingerprint density at radius 3 is 2.81 bits per heavy atom. The van der Waals surface area contributed by atoms with Crippen molar-refractivity contribution >= 4 is 17.3 Å². The van der Waals surface area contributed by atoms with E-state index in [4.69, 9.17) is 17.3 Å². The van der Waals surface area contributed by atoms with Crippen LogP contribution in [0.15, 0.2) is 18.2 Å². The van der Waals surface area contributed by atoms with Crippen LogP contribution >= 0.6 is 11.6 Å². The third-order valence-electron chi connectivity index (χ3n) is 4.58. The van der Waals surface area contributed by atoms with Crippen molar-refractivity contribution in [1.29, 1.82) is 0 Å². The van der Waals surface area contributed by atoms with Crippen molar-refractivity contribution in [3.8, 4) is 0 Å². The Labute approximate surface area is 130 Å². The molecule has 0 bridgehead atoms. The number of nitro groups is 1. The number of hydrogen-bond acceptors (Lipinski definition) is 3. The summed E-state index contributed by atoms with van der Waals surface area (Å²) >= 11 is 6.19. The van der Waals surface area contributed by atoms with Gasteiger partial charge < -0.3 is 5.73 Å². The Kier molecular flexibility index (Phi) is 5.59. The van der Waals surface area contributed by atoms with Crippen molar-refractivity contribution in [2.75, 3.05) is 0 Å². The van der Waals surface area contributed by atoms with Gasteiger partial charge in [-0.05, 0) is 43.1 Å². The molecule has 2 rings (SSSR count). The number of nitrogens with two attached hydrogens (primary N) is 1. The summed E-state index contributed by atoms with van der Waals surface area (Å²) in [7, 11) is 0. The summed E-state index contributed by atoms with van der Waals surface area (Å²) < 4.78 is 0. The van der Waals surface area contributed by atoms with E-state index in [1.165, 1.54) is 31.4 Å². The maximum absolute atomic E-state index is 10.7. The second-order valence-electron chi connectivity index (χ2n) is 6.13. The second kappa shape index (κ2) is 7.23. The Morgan fingerprint density at radius 2 is 2.19 bits per heavy atom. The predicted molar refractivity (Wildman–Crippen MR) is 85.5 cm³/mol. The van der Waals surface area contributed by atoms with Gasteiger partial charge in [0.05, 0.1) is 9.95 Å². The first kappa shape index (κ1) is 16.2. The van der Waals surface area contributed by atoms with Crippen molar-refractivity contribution in [2.24, 2.45) is 17.6 Å². The van der Waals surface area contributed by atoms with E-state index in [0.29, 0.717) is 10.9 Å². The predicted octanol–water partition coefficient (Wildman–Crippen LogP) is 4.33. The third-order valence-corrected chi connectivity index (χ3v) is 4.93. The fourth-order valence-corrected chi connectivity index (χ4v) is 3.64. The molecule has 116 valence electrons. The van der Waals surface area contributed by atoms with Crippen LogP contribution < -0.4 is 5.73 Å². The summed E-state index contributed by atoms with van der Waals surface area (Å²) in [6.45, 7) is 2.22. The van der Waals surface area contributed by atoms with Gasteiger partial charge in [0.25, 0.3) is 5.69 Å². The fraction of sp³-hybridized carbons (Fsp3) is 0.625. The van der Waals surface area contributed by atoms with E-state index in [9.17, 15) is 10.1 Å². The van der Waals surface area contributed by atoms with Gasteiger partial charge in [0.1, 0.15) is 0 Å². The monoisotopic (exact) mass is 310 g/mol. The van der Waals surface area contributed by atoms with Crippen molar-refractivity contribution in [3.63, 3.8) is 0 Å². The smallest absolute Gasteiger partial charge is 0.270 e. The van der Waals surface area contributed by atoms with E-state index in [0.717, 1.165) is 30.7 Å². The first-order valence-electron chi connectivity index (χ1n) is 7.69. The van der Waals surface area contributed by atoms with Crippen LogP contribution in [-0.4, -0.2) is 11.0 Å². The summed E-state index contributed by atoms with van der Waals surface area (Å²) in [5.74, 6) is 1.19. The van der Waals surface area contributed by atoms with Crippen LogP contribution in [0.5, 0.6) is 0 Å². The molecule has 4 nitrogen and oxygen atoms in total. The van der Waals surface area contributed by atoms with Gasteiger partial charge in [0, 0.05) is 18.2 Å². The van der Waals surface area contributed by atoms with Crippen LogP contribution in [0.2, 0.25) is 5.02 Å². The summed E-state index contributed by atoms with van der Waals surface area (Å²) in [4.78, 5) is 10.3. The quantitative estimate of drug-likeness (QED) is 0.650. The highest BCUT2D eigenvalue weighted by Gasteiger charge is 2.28. The Morgan fingerprint density at radius 1 is 1.43 bits per heavy atom. The minimum atomic E-state index is -0.417. The van der Waals surface area contributed by atoms with Gasteiger partial charge in [-0.1, -0.05) is 37.4 Å². The number of nitro benzene ring substituents is 1. The number of rotatable bonds is 5. The highest BCUT2D eigenvalue weighted by atomic mass is 35.5. The zero-order chi connectivity index (χ0) is 15.4. The van der Waals surface area contributed by atoms with Crippen LogP contribution in [-0.2, 0) is 6.42 Å². The number of benzene rings is 1. The molecule has 0 spiro atoms. The van der Waals surface area contributed by atoms with Crippen LogP contribution in [0.25, 0.3) is 0 Å². The molecule has 1 fully saturated rings. The molecule has 0 radical (unpaired) electrons. The highest BCUT2D eigenvalue weighted by Crippen LogP contribution is 2.35. The molecule has 3 unspecified atom stereocenters. The van der Waals surface area contributed by atoms with E-state index < -0.39 is 4.92 Å². The molecular formula is C16H23ClN2O2. The van der Waals surface area contributed by atoms with Crippen LogP contribution in [0.1, 0.15) is 44.6 Å². The van der Waals surface area contributed by atoms with Crippen molar-refractivity contribution in [3.05, 3.63) is 38.9 Å². The van der Waals surface area contributed by atoms with E-state index in [1.807, 2.05) is 0 Å². The molecule has 1 saturated carbocycles. The molecule has 5 heteroatoms. The Bertz CT molecular complexity index is 507. The van der Waals surface area contributed by atoms with Crippen LogP contribution in [0.4, 0.5) is 5.69 Å². The minimum absolute atomic E-state index is 0.0422. The third kappa shape index (κ3) is 4.17. The average molecular weight is 311 g/mol. The lowest BCUT2D eigenvalue weighted by atomic mass is 9.74. The molecule has 0 amide bonds. The van der Waals surface area contributed by atoms with Gasteiger partial charge in [0.2, 0.25) is 0 Å². The van der Waals surface area contributed by atoms with E-state index >= 15 is 0 Å². The molecule has 1 aromatic rings. The van der Waals surface area contributed by atoms with E-state index in [2.05, 4.69) is 6.92 Å². The molecule has 3 atom stereocenters. The zero-order valence-corrected chi connectivity index (χ0v) is 13.2. The lowest BCUT2D eigenvalue weighted by Gasteiger charge is -2.34. The standard InChI is InChI=1S/C16H23ClN2O2/c1-2-3-11-4-7-16(18)13(8-11)9-12-5-6-14(19(20)21)10-15(12)17/h5-6,10-11,13,16H,2-4,7-9,18H2,1H3. The molecular weight excluding hydrogens is 288 g/mol. The maximum Gasteiger partial charge on any atom is 0.270 e. The maximum atomic E-state index is 10.7. The normalized spacial score (nSPS) is 25.8. The molecule has 0 aromatic heterocycles. The summed E-state index contributed by atoms with van der Waals surface area (Å²) in [6, 6.07) is 4.95. The number of halogens is 1. The molecule has 2 N–H and O–H groups in total. The van der Waals surface area contributed by atoms with Gasteiger partial charge in [0.15, 0.2) is 0 Å². The van der Waals surface area contributed by atoms with E-state index in [-0.39, 0.29) is 11.7 Å². The van der Waals surface area contributed by atoms with Gasteiger partial charge >= 0.3 is 0 Å². The van der Waals surface area contributed by atoms with Crippen molar-refractivity contribution < 1.29 is 4.92 Å². The highest BCUT2D eigenvalue weighted by molar-refractivity contribution is 6.31. The fourth-order valence-electron chi connectivity index (χ4n) is 3.39. The number of non-ortho nitro benzene ring substituents is 1. The minimum Gasteiger partial charge on any atom is -0.327 e. The molecule has 0 aliphatic heterocycles. The second-order valence-corrected chi connectivity index (χ2v) is 6.54. The summed E-state index contributed by atoms with van der Waals surface area (Å²) in [6.07, 6.45) is 6.72. The first-order chi connectivity index (χ1) is 10.0. The van der Waals surface area contributed by atoms with Crippen molar-refractivity contribution in [1.82, 2.24) is 0 Å². The number of nitrogens with zero attached hydrogens (tertiary/aromatic N) is 1. The lowest BCUT2D eigenvalue weighted by molar-refractivity contribution is -0.384. The van der Waals surface area contributed by atoms with Crippen molar-refractivity contribution in [2.45, 2.75) is 51.5 Å². The molecule has 0 saturated heterocycles. The summed E-state index contributed by atoms with van der Waals surface area (Å²) in [5.41, 5.74) is 7.28. The van der Waals surface area contributed by atoms with Crippen LogP contribution in [0.3, 0.4) is 0 Å². The molecule has 1 aliphatic carbocycles. The first-order valence-corrected chi connectivity index (χ1v) is 8.07. The summed E-state index contributed by atoms with van der Waals surface area (Å²) in [5, 5.41) is 11.2. The van der Waals surface area contributed by atoms with Gasteiger partial charge in [-0.3, -0.25) is 10.1 Å². The van der Waals surface area contributed by atoms with Crippen LogP contribution in [0, 0.1) is 22.0 Å². The topological polar surface area (TPSA) is 69.2 Å². The van der Waals surface area contributed by atoms with Gasteiger partial charge in [-0.25, -0.2) is 0 Å². The van der Waals surface area contributed by atoms with Gasteiger partial charge in [-0.15, -0.1) is 0 Å². The molecule has 1 aliphatic rings. The zero-order valence-electron chi connectivity index (χ0n) is 12.4. The SMILES string of the molecule is CCCC1CCC(N)C(Cc2ccc([N+](=O)[O-])cc2Cl)C1. The molecule has 21 heavy (non-hydrogen) atoms. The van der Waals surface area contributed by atoms with E-state index in [1.54, 1.807) is 6.07 Å². The largest absolute Gasteiger partial charge is 0.327 e. The number of hydrogen-bond donors (Lipinski definition) is 1. The average Bonchev–Trinajstić information content (AvgIpc) is 2.44. The van der Waals surface area contributed by atoms with Gasteiger partial charge in [-0.2, -0.15) is 0 Å². The molecule has 0 heterocycles. The Balaban J connectivity index is 2.07. The molecule has 1 aromatic carbocycles.